The third kappa shape index (κ3) is 2.86. The van der Waals surface area contributed by atoms with Crippen LogP contribution in [-0.2, 0) is 4.79 Å². The predicted octanol–water partition coefficient (Wildman–Crippen LogP) is 2.34. The highest BCUT2D eigenvalue weighted by atomic mass is 32.2. The number of anilines is 1. The van der Waals surface area contributed by atoms with Gasteiger partial charge in [0.25, 0.3) is 0 Å². The van der Waals surface area contributed by atoms with E-state index < -0.39 is 0 Å². The number of nitrogens with zero attached hydrogens (tertiary/aromatic N) is 5. The molecule has 0 saturated carbocycles. The number of hydrogen-bond acceptors (Lipinski definition) is 8. The van der Waals surface area contributed by atoms with Crippen molar-refractivity contribution in [3.63, 3.8) is 0 Å². The monoisotopic (exact) mass is 423 g/mol. The zero-order valence-corrected chi connectivity index (χ0v) is 16.9. The Kier molecular flexibility index (Phi) is 4.31. The highest BCUT2D eigenvalue weighted by Gasteiger charge is 2.32. The van der Waals surface area contributed by atoms with Crippen LogP contribution in [0.25, 0.3) is 17.0 Å². The summed E-state index contributed by atoms with van der Waals surface area (Å²) in [6.45, 7) is 1.89. The second-order valence-electron chi connectivity index (χ2n) is 6.73. The Labute approximate surface area is 174 Å². The zero-order valence-electron chi connectivity index (χ0n) is 16.1. The second-order valence-corrected chi connectivity index (χ2v) is 7.82. The van der Waals surface area contributed by atoms with Gasteiger partial charge in [-0.2, -0.15) is 9.78 Å². The Morgan fingerprint density at radius 2 is 2.17 bits per heavy atom. The van der Waals surface area contributed by atoms with Crippen molar-refractivity contribution >= 4 is 34.7 Å². The van der Waals surface area contributed by atoms with E-state index in [-0.39, 0.29) is 22.7 Å². The lowest BCUT2D eigenvalue weighted by molar-refractivity contribution is -0.113. The van der Waals surface area contributed by atoms with Crippen molar-refractivity contribution in [1.82, 2.24) is 29.7 Å². The normalized spacial score (nSPS) is 16.2. The van der Waals surface area contributed by atoms with E-state index in [1.165, 1.54) is 31.5 Å². The first kappa shape index (κ1) is 18.4. The van der Waals surface area contributed by atoms with Gasteiger partial charge in [0.15, 0.2) is 23.0 Å². The number of fused-ring (bicyclic) bond motifs is 2. The number of aryl methyl sites for hydroxylation is 1. The molecule has 0 radical (unpaired) electrons. The quantitative estimate of drug-likeness (QED) is 0.458. The smallest absolute Gasteiger partial charge is 0.235 e. The molecule has 11 heteroatoms. The number of aromatic hydroxyl groups is 1. The molecule has 1 atom stereocenters. The van der Waals surface area contributed by atoms with Crippen molar-refractivity contribution in [3.8, 4) is 17.3 Å². The Bertz CT molecular complexity index is 1280. The van der Waals surface area contributed by atoms with E-state index in [1.54, 1.807) is 16.8 Å². The van der Waals surface area contributed by atoms with Crippen LogP contribution in [0.15, 0.2) is 30.9 Å². The number of aromatic nitrogens is 6. The van der Waals surface area contributed by atoms with Crippen LogP contribution in [0.5, 0.6) is 11.5 Å². The molecule has 0 saturated heterocycles. The molecule has 3 aromatic heterocycles. The number of phenolic OH excluding ortho intramolecular Hbond substituents is 1. The van der Waals surface area contributed by atoms with Crippen LogP contribution in [0.3, 0.4) is 0 Å². The first-order chi connectivity index (χ1) is 14.6. The number of ether oxygens (including phenoxy) is 1. The van der Waals surface area contributed by atoms with E-state index in [0.29, 0.717) is 28.5 Å². The molecule has 1 amide bonds. The largest absolute Gasteiger partial charge is 0.504 e. The third-order valence-corrected chi connectivity index (χ3v) is 6.19. The maximum atomic E-state index is 12.5. The van der Waals surface area contributed by atoms with Crippen molar-refractivity contribution < 1.29 is 14.6 Å². The molecule has 10 nitrogen and oxygen atoms in total. The van der Waals surface area contributed by atoms with E-state index in [2.05, 4.69) is 30.4 Å². The fourth-order valence-corrected chi connectivity index (χ4v) is 4.75. The molecule has 152 valence electrons. The van der Waals surface area contributed by atoms with Crippen LogP contribution in [0.1, 0.15) is 22.1 Å². The Balaban J connectivity index is 1.72. The SMILES string of the molecule is COc1cc(C2SCC(=O)Nc3c2c(C)nn3-c2ncnc3nc[nH]c23)ccc1O. The van der Waals surface area contributed by atoms with Gasteiger partial charge in [0.05, 0.1) is 30.1 Å². The molecule has 1 aliphatic heterocycles. The lowest BCUT2D eigenvalue weighted by atomic mass is 10.0. The van der Waals surface area contributed by atoms with Crippen LogP contribution in [0.4, 0.5) is 5.82 Å². The molecule has 1 aliphatic rings. The standard InChI is InChI=1S/C19H17N7O3S/c1-9-14-16(10-3-4-11(27)12(5-10)29-2)30-6-13(28)24-18(14)26(25-9)19-15-17(21-7-20-15)22-8-23-19/h3-5,7-8,16,27H,6H2,1-2H3,(H,24,28)(H,20,21,22,23). The number of methoxy groups -OCH3 is 1. The minimum Gasteiger partial charge on any atom is -0.504 e. The molecule has 5 rings (SSSR count). The second kappa shape index (κ2) is 7.02. The third-order valence-electron chi connectivity index (χ3n) is 4.92. The Morgan fingerprint density at radius 1 is 1.30 bits per heavy atom. The number of imidazole rings is 1. The molecule has 4 aromatic rings. The van der Waals surface area contributed by atoms with Crippen LogP contribution in [0, 0.1) is 6.92 Å². The van der Waals surface area contributed by atoms with Gasteiger partial charge < -0.3 is 20.1 Å². The Hall–Kier alpha value is -3.60. The first-order valence-corrected chi connectivity index (χ1v) is 10.1. The number of aromatic amines is 1. The number of H-pyrrole nitrogens is 1. The van der Waals surface area contributed by atoms with Gasteiger partial charge in [-0.05, 0) is 24.6 Å². The highest BCUT2D eigenvalue weighted by Crippen LogP contribution is 2.45. The Morgan fingerprint density at radius 3 is 3.00 bits per heavy atom. The van der Waals surface area contributed by atoms with E-state index in [9.17, 15) is 9.90 Å². The molecule has 0 bridgehead atoms. The van der Waals surface area contributed by atoms with Gasteiger partial charge in [-0.15, -0.1) is 11.8 Å². The summed E-state index contributed by atoms with van der Waals surface area (Å²) in [5, 5.41) is 17.4. The summed E-state index contributed by atoms with van der Waals surface area (Å²) in [4.78, 5) is 28.2. The maximum Gasteiger partial charge on any atom is 0.235 e. The van der Waals surface area contributed by atoms with E-state index >= 15 is 0 Å². The van der Waals surface area contributed by atoms with Crippen LogP contribution in [0.2, 0.25) is 0 Å². The average molecular weight is 423 g/mol. The van der Waals surface area contributed by atoms with Gasteiger partial charge in [-0.3, -0.25) is 4.79 Å². The highest BCUT2D eigenvalue weighted by molar-refractivity contribution is 8.00. The van der Waals surface area contributed by atoms with Crippen molar-refractivity contribution in [3.05, 3.63) is 47.7 Å². The van der Waals surface area contributed by atoms with Gasteiger partial charge in [-0.25, -0.2) is 15.0 Å². The molecule has 4 heterocycles. The number of hydrogen-bond donors (Lipinski definition) is 3. The molecule has 0 aliphatic carbocycles. The van der Waals surface area contributed by atoms with Crippen molar-refractivity contribution in [1.29, 1.82) is 0 Å². The summed E-state index contributed by atoms with van der Waals surface area (Å²) in [5.74, 6) is 1.61. The van der Waals surface area contributed by atoms with Crippen LogP contribution >= 0.6 is 11.8 Å². The van der Waals surface area contributed by atoms with Gasteiger partial charge in [-0.1, -0.05) is 6.07 Å². The number of benzene rings is 1. The topological polar surface area (TPSA) is 131 Å². The minimum absolute atomic E-state index is 0.0596. The molecule has 1 aromatic carbocycles. The minimum atomic E-state index is -0.193. The molecule has 0 spiro atoms. The lowest BCUT2D eigenvalue weighted by Gasteiger charge is -2.16. The van der Waals surface area contributed by atoms with Crippen LogP contribution in [-0.4, -0.2) is 53.6 Å². The molecule has 3 N–H and O–H groups in total. The predicted molar refractivity (Wildman–Crippen MR) is 111 cm³/mol. The number of carbonyl (C=O) groups is 1. The van der Waals surface area contributed by atoms with Gasteiger partial charge >= 0.3 is 0 Å². The summed E-state index contributed by atoms with van der Waals surface area (Å²) >= 11 is 1.49. The average Bonchev–Trinajstić information content (AvgIpc) is 3.29. The zero-order chi connectivity index (χ0) is 20.8. The van der Waals surface area contributed by atoms with E-state index in [1.807, 2.05) is 13.0 Å². The van der Waals surface area contributed by atoms with Crippen molar-refractivity contribution in [2.75, 3.05) is 18.2 Å². The van der Waals surface area contributed by atoms with E-state index in [4.69, 9.17) is 4.74 Å². The van der Waals surface area contributed by atoms with Crippen molar-refractivity contribution in [2.45, 2.75) is 12.2 Å². The van der Waals surface area contributed by atoms with Gasteiger partial charge in [0, 0.05) is 5.56 Å². The van der Waals surface area contributed by atoms with Gasteiger partial charge in [0.2, 0.25) is 5.91 Å². The molecular formula is C19H17N7O3S. The summed E-state index contributed by atoms with van der Waals surface area (Å²) in [7, 11) is 1.50. The molecule has 30 heavy (non-hydrogen) atoms. The number of amides is 1. The number of thioether (sulfide) groups is 1. The van der Waals surface area contributed by atoms with Gasteiger partial charge in [0.1, 0.15) is 17.7 Å². The number of nitrogens with one attached hydrogen (secondary N) is 2. The fraction of sp³-hybridized carbons (Fsp3) is 0.211. The number of phenols is 1. The van der Waals surface area contributed by atoms with Crippen molar-refractivity contribution in [2.24, 2.45) is 0 Å². The lowest BCUT2D eigenvalue weighted by Crippen LogP contribution is -2.16. The fourth-order valence-electron chi connectivity index (χ4n) is 3.57. The summed E-state index contributed by atoms with van der Waals surface area (Å²) in [6, 6.07) is 5.19. The number of carbonyl (C=O) groups excluding carboxylic acids is 1. The molecule has 0 fully saturated rings. The molecule has 1 unspecified atom stereocenters. The summed E-state index contributed by atoms with van der Waals surface area (Å²) in [5.41, 5.74) is 3.64. The molecular weight excluding hydrogens is 406 g/mol. The maximum absolute atomic E-state index is 12.5. The number of rotatable bonds is 3. The summed E-state index contributed by atoms with van der Waals surface area (Å²) in [6.07, 6.45) is 2.95. The first-order valence-electron chi connectivity index (χ1n) is 9.09. The van der Waals surface area contributed by atoms with E-state index in [0.717, 1.165) is 16.8 Å². The summed E-state index contributed by atoms with van der Waals surface area (Å²) < 4.78 is 6.88. The van der Waals surface area contributed by atoms with Crippen LogP contribution < -0.4 is 10.1 Å².